The second-order valence-corrected chi connectivity index (χ2v) is 4.13. The van der Waals surface area contributed by atoms with Crippen LogP contribution in [0.25, 0.3) is 17.1 Å². The number of benzene rings is 1. The Labute approximate surface area is 97.1 Å². The molecular weight excluding hydrogens is 214 g/mol. The number of aromatic nitrogens is 5. The van der Waals surface area contributed by atoms with Crippen LogP contribution in [0.1, 0.15) is 11.1 Å². The summed E-state index contributed by atoms with van der Waals surface area (Å²) in [5.41, 5.74) is 4.94. The Balaban J connectivity index is 1.93. The summed E-state index contributed by atoms with van der Waals surface area (Å²) in [6, 6.07) is 8.41. The normalized spacial score (nSPS) is 12.5. The predicted octanol–water partition coefficient (Wildman–Crippen LogP) is 0.981. The highest BCUT2D eigenvalue weighted by Crippen LogP contribution is 2.36. The fourth-order valence-electron chi connectivity index (χ4n) is 2.40. The van der Waals surface area contributed by atoms with Gasteiger partial charge in [-0.3, -0.25) is 0 Å². The minimum Gasteiger partial charge on any atom is -0.217 e. The van der Waals surface area contributed by atoms with Gasteiger partial charge in [0, 0.05) is 12.0 Å². The number of nitrogens with zero attached hydrogens (tertiary/aromatic N) is 3. The van der Waals surface area contributed by atoms with E-state index in [1.165, 1.54) is 16.7 Å². The molecule has 82 valence electrons. The van der Waals surface area contributed by atoms with Gasteiger partial charge in [0.15, 0.2) is 6.33 Å². The summed E-state index contributed by atoms with van der Waals surface area (Å²) >= 11 is 0. The lowest BCUT2D eigenvalue weighted by molar-refractivity contribution is -0.660. The van der Waals surface area contributed by atoms with Gasteiger partial charge in [0.2, 0.25) is 6.33 Å². The molecule has 5 heteroatoms. The number of aromatic amines is 2. The van der Waals surface area contributed by atoms with Crippen LogP contribution < -0.4 is 4.68 Å². The molecule has 0 aliphatic heterocycles. The summed E-state index contributed by atoms with van der Waals surface area (Å²) in [7, 11) is 0. The summed E-state index contributed by atoms with van der Waals surface area (Å²) in [6.07, 6.45) is 4.28. The zero-order valence-corrected chi connectivity index (χ0v) is 9.01. The first kappa shape index (κ1) is 8.69. The van der Waals surface area contributed by atoms with Gasteiger partial charge in [0.05, 0.1) is 11.3 Å². The maximum absolute atomic E-state index is 4.35. The molecule has 2 aromatic heterocycles. The zero-order valence-electron chi connectivity index (χ0n) is 9.01. The first-order chi connectivity index (χ1) is 8.43. The fraction of sp³-hybridized carbons (Fsp3) is 0.0833. The van der Waals surface area contributed by atoms with Crippen molar-refractivity contribution in [3.05, 3.63) is 48.0 Å². The van der Waals surface area contributed by atoms with E-state index in [2.05, 4.69) is 44.5 Å². The number of nitrogens with one attached hydrogen (secondary N) is 2. The van der Waals surface area contributed by atoms with E-state index in [-0.39, 0.29) is 0 Å². The molecule has 0 amide bonds. The molecule has 17 heavy (non-hydrogen) atoms. The van der Waals surface area contributed by atoms with Crippen LogP contribution in [0.5, 0.6) is 0 Å². The number of fused-ring (bicyclic) bond motifs is 3. The number of hydrogen-bond donors (Lipinski definition) is 2. The van der Waals surface area contributed by atoms with E-state index in [0.29, 0.717) is 0 Å². The molecule has 0 saturated carbocycles. The van der Waals surface area contributed by atoms with Crippen molar-refractivity contribution in [2.24, 2.45) is 0 Å². The van der Waals surface area contributed by atoms with E-state index in [9.17, 15) is 0 Å². The highest BCUT2D eigenvalue weighted by molar-refractivity contribution is 5.75. The van der Waals surface area contributed by atoms with Crippen LogP contribution in [0.4, 0.5) is 0 Å². The van der Waals surface area contributed by atoms with Crippen molar-refractivity contribution >= 4 is 0 Å². The minimum absolute atomic E-state index is 0.897. The first-order valence-electron chi connectivity index (χ1n) is 5.49. The third-order valence-corrected chi connectivity index (χ3v) is 3.18. The van der Waals surface area contributed by atoms with E-state index in [0.717, 1.165) is 17.9 Å². The quantitative estimate of drug-likeness (QED) is 0.473. The Morgan fingerprint density at radius 2 is 2.18 bits per heavy atom. The monoisotopic (exact) mass is 224 g/mol. The SMILES string of the molecule is c1ccc2c(c1)Cc1c(-[n+]3cnc[nH]3)n[nH]c1-2. The molecule has 1 aliphatic carbocycles. The smallest absolute Gasteiger partial charge is 0.217 e. The van der Waals surface area contributed by atoms with Gasteiger partial charge in [-0.1, -0.05) is 29.2 Å². The van der Waals surface area contributed by atoms with Crippen LogP contribution in [0.3, 0.4) is 0 Å². The molecule has 5 nitrogen and oxygen atoms in total. The van der Waals surface area contributed by atoms with Gasteiger partial charge in [-0.15, -0.1) is 4.68 Å². The van der Waals surface area contributed by atoms with E-state index in [4.69, 9.17) is 0 Å². The first-order valence-corrected chi connectivity index (χ1v) is 5.49. The van der Waals surface area contributed by atoms with Gasteiger partial charge in [0.1, 0.15) is 0 Å². The summed E-state index contributed by atoms with van der Waals surface area (Å²) in [5.74, 6) is 0.897. The Morgan fingerprint density at radius 1 is 1.24 bits per heavy atom. The van der Waals surface area contributed by atoms with Crippen LogP contribution in [0.15, 0.2) is 36.9 Å². The number of H-pyrrole nitrogens is 2. The summed E-state index contributed by atoms with van der Waals surface area (Å²) in [4.78, 5) is 4.01. The van der Waals surface area contributed by atoms with Crippen molar-refractivity contribution in [3.8, 4) is 17.1 Å². The van der Waals surface area contributed by atoms with Gasteiger partial charge in [-0.2, -0.15) is 0 Å². The molecule has 0 radical (unpaired) electrons. The van der Waals surface area contributed by atoms with Gasteiger partial charge in [0.25, 0.3) is 0 Å². The Morgan fingerprint density at radius 3 is 3.06 bits per heavy atom. The van der Waals surface area contributed by atoms with Gasteiger partial charge in [-0.05, 0) is 10.7 Å². The molecule has 4 rings (SSSR count). The van der Waals surface area contributed by atoms with E-state index in [1.807, 2.05) is 4.68 Å². The average Bonchev–Trinajstić information content (AvgIpc) is 3.04. The average molecular weight is 224 g/mol. The fourth-order valence-corrected chi connectivity index (χ4v) is 2.40. The largest absolute Gasteiger partial charge is 0.313 e. The standard InChI is InChI=1S/C12H9N5/c1-2-4-9-8(3-1)5-10-11(9)15-16-12(10)17-7-13-6-14-17/h1-4,6-7H,5H2,(H,15,16)/p+1. The van der Waals surface area contributed by atoms with Crippen LogP contribution in [-0.2, 0) is 6.42 Å². The molecule has 1 aromatic carbocycles. The van der Waals surface area contributed by atoms with Crippen LogP contribution in [0.2, 0.25) is 0 Å². The maximum Gasteiger partial charge on any atom is 0.313 e. The number of rotatable bonds is 1. The molecule has 0 fully saturated rings. The highest BCUT2D eigenvalue weighted by atomic mass is 15.4. The topological polar surface area (TPSA) is 61.2 Å². The second kappa shape index (κ2) is 3.04. The van der Waals surface area contributed by atoms with Crippen molar-refractivity contribution in [3.63, 3.8) is 0 Å². The molecule has 0 bridgehead atoms. The summed E-state index contributed by atoms with van der Waals surface area (Å²) in [5, 5.41) is 10.5. The van der Waals surface area contributed by atoms with E-state index in [1.54, 1.807) is 12.7 Å². The summed E-state index contributed by atoms with van der Waals surface area (Å²) in [6.45, 7) is 0. The third-order valence-electron chi connectivity index (χ3n) is 3.18. The molecule has 2 N–H and O–H groups in total. The number of hydrogen-bond acceptors (Lipinski definition) is 2. The molecule has 2 heterocycles. The molecule has 0 saturated heterocycles. The van der Waals surface area contributed by atoms with Crippen LogP contribution in [0, 0.1) is 0 Å². The van der Waals surface area contributed by atoms with E-state index >= 15 is 0 Å². The lowest BCUT2D eigenvalue weighted by atomic mass is 10.1. The molecule has 0 unspecified atom stereocenters. The molecular formula is C12H10N5+. The van der Waals surface area contributed by atoms with Gasteiger partial charge >= 0.3 is 5.82 Å². The van der Waals surface area contributed by atoms with Crippen molar-refractivity contribution in [2.75, 3.05) is 0 Å². The van der Waals surface area contributed by atoms with E-state index < -0.39 is 0 Å². The Bertz CT molecular complexity index is 681. The lowest BCUT2D eigenvalue weighted by Crippen LogP contribution is -2.33. The van der Waals surface area contributed by atoms with Crippen molar-refractivity contribution in [1.82, 2.24) is 20.3 Å². The zero-order chi connectivity index (χ0) is 11.2. The van der Waals surface area contributed by atoms with Gasteiger partial charge in [-0.25, -0.2) is 10.2 Å². The van der Waals surface area contributed by atoms with Crippen molar-refractivity contribution in [1.29, 1.82) is 0 Å². The van der Waals surface area contributed by atoms with Crippen LogP contribution >= 0.6 is 0 Å². The highest BCUT2D eigenvalue weighted by Gasteiger charge is 2.28. The lowest BCUT2D eigenvalue weighted by Gasteiger charge is -1.95. The predicted molar refractivity (Wildman–Crippen MR) is 60.5 cm³/mol. The Kier molecular flexibility index (Phi) is 1.55. The Hall–Kier alpha value is -2.43. The molecule has 0 spiro atoms. The second-order valence-electron chi connectivity index (χ2n) is 4.13. The third kappa shape index (κ3) is 1.10. The van der Waals surface area contributed by atoms with Crippen molar-refractivity contribution in [2.45, 2.75) is 6.42 Å². The molecule has 1 aliphatic rings. The van der Waals surface area contributed by atoms with Crippen LogP contribution in [-0.4, -0.2) is 20.3 Å². The minimum atomic E-state index is 0.897. The maximum atomic E-state index is 4.35. The summed E-state index contributed by atoms with van der Waals surface area (Å²) < 4.78 is 1.82. The van der Waals surface area contributed by atoms with Crippen molar-refractivity contribution < 1.29 is 4.68 Å². The molecule has 0 atom stereocenters. The molecule has 3 aromatic rings. The van der Waals surface area contributed by atoms with Gasteiger partial charge < -0.3 is 0 Å².